The first kappa shape index (κ1) is 17.8. The van der Waals surface area contributed by atoms with Crippen LogP contribution >= 0.6 is 0 Å². The summed E-state index contributed by atoms with van der Waals surface area (Å²) in [6.07, 6.45) is 0.354. The summed E-state index contributed by atoms with van der Waals surface area (Å²) >= 11 is 0. The predicted octanol–water partition coefficient (Wildman–Crippen LogP) is 5.01. The van der Waals surface area contributed by atoms with Crippen molar-refractivity contribution in [2.75, 3.05) is 17.2 Å². The van der Waals surface area contributed by atoms with E-state index in [1.54, 1.807) is 12.1 Å². The van der Waals surface area contributed by atoms with Gasteiger partial charge in [-0.05, 0) is 61.2 Å². The minimum atomic E-state index is -0.435. The molecule has 24 heavy (non-hydrogen) atoms. The van der Waals surface area contributed by atoms with Gasteiger partial charge in [-0.3, -0.25) is 5.32 Å². The number of rotatable bonds is 6. The first-order valence-electron chi connectivity index (χ1n) is 8.03. The van der Waals surface area contributed by atoms with Gasteiger partial charge in [0.2, 0.25) is 0 Å². The van der Waals surface area contributed by atoms with Crippen molar-refractivity contribution in [2.45, 2.75) is 33.7 Å². The molecule has 0 aromatic heterocycles. The molecule has 2 rings (SSSR count). The van der Waals surface area contributed by atoms with E-state index in [2.05, 4.69) is 10.6 Å². The summed E-state index contributed by atoms with van der Waals surface area (Å²) in [7, 11) is 0. The van der Waals surface area contributed by atoms with E-state index >= 15 is 0 Å². The van der Waals surface area contributed by atoms with Crippen LogP contribution in [-0.2, 0) is 11.3 Å². The topological polar surface area (TPSA) is 50.4 Å². The Labute approximate surface area is 142 Å². The first-order chi connectivity index (χ1) is 11.5. The van der Waals surface area contributed by atoms with E-state index in [1.807, 2.05) is 32.9 Å². The standard InChI is InChI=1S/C19H23FN2O2/c1-4-9-24-19(23)22-18-13(2)10-17(11-14(18)3)21-12-15-5-7-16(20)8-6-15/h5-8,10-11,21H,4,9,12H2,1-3H3,(H,22,23). The van der Waals surface area contributed by atoms with Gasteiger partial charge in [0.1, 0.15) is 5.82 Å². The van der Waals surface area contributed by atoms with Gasteiger partial charge in [0.25, 0.3) is 0 Å². The van der Waals surface area contributed by atoms with E-state index in [4.69, 9.17) is 4.74 Å². The Balaban J connectivity index is 2.03. The average molecular weight is 330 g/mol. The Morgan fingerprint density at radius 1 is 1.12 bits per heavy atom. The van der Waals surface area contributed by atoms with Crippen LogP contribution in [0.15, 0.2) is 36.4 Å². The molecule has 4 nitrogen and oxygen atoms in total. The Kier molecular flexibility index (Phi) is 6.18. The summed E-state index contributed by atoms with van der Waals surface area (Å²) in [5.74, 6) is -0.240. The highest BCUT2D eigenvalue weighted by molar-refractivity contribution is 5.87. The number of hydrogen-bond acceptors (Lipinski definition) is 3. The molecule has 0 heterocycles. The number of carbonyl (C=O) groups excluding carboxylic acids is 1. The van der Waals surface area contributed by atoms with Crippen LogP contribution in [0, 0.1) is 19.7 Å². The molecule has 0 aliphatic heterocycles. The fourth-order valence-electron chi connectivity index (χ4n) is 2.40. The Bertz CT molecular complexity index is 676. The van der Waals surface area contributed by atoms with Gasteiger partial charge in [0, 0.05) is 17.9 Å². The third kappa shape index (κ3) is 4.98. The van der Waals surface area contributed by atoms with Gasteiger partial charge in [-0.15, -0.1) is 0 Å². The lowest BCUT2D eigenvalue weighted by molar-refractivity contribution is 0.161. The molecule has 0 atom stereocenters. The van der Waals surface area contributed by atoms with Crippen LogP contribution in [0.5, 0.6) is 0 Å². The van der Waals surface area contributed by atoms with Gasteiger partial charge in [0.15, 0.2) is 0 Å². The zero-order chi connectivity index (χ0) is 17.5. The van der Waals surface area contributed by atoms with Crippen molar-refractivity contribution in [3.63, 3.8) is 0 Å². The highest BCUT2D eigenvalue weighted by atomic mass is 19.1. The van der Waals surface area contributed by atoms with E-state index in [0.29, 0.717) is 13.2 Å². The van der Waals surface area contributed by atoms with E-state index < -0.39 is 6.09 Å². The SMILES string of the molecule is CCCOC(=O)Nc1c(C)cc(NCc2ccc(F)cc2)cc1C. The predicted molar refractivity (Wildman–Crippen MR) is 94.9 cm³/mol. The highest BCUT2D eigenvalue weighted by Crippen LogP contribution is 2.25. The molecule has 0 fully saturated rings. The molecule has 2 aromatic rings. The van der Waals surface area contributed by atoms with Crippen LogP contribution in [0.2, 0.25) is 0 Å². The molecule has 0 aliphatic carbocycles. The van der Waals surface area contributed by atoms with Crippen molar-refractivity contribution in [1.82, 2.24) is 0 Å². The van der Waals surface area contributed by atoms with Gasteiger partial charge >= 0.3 is 6.09 Å². The largest absolute Gasteiger partial charge is 0.449 e. The number of halogens is 1. The van der Waals surface area contributed by atoms with Crippen LogP contribution in [0.4, 0.5) is 20.6 Å². The van der Waals surface area contributed by atoms with Crippen molar-refractivity contribution in [2.24, 2.45) is 0 Å². The maximum atomic E-state index is 12.9. The normalized spacial score (nSPS) is 10.3. The molecule has 0 bridgehead atoms. The lowest BCUT2D eigenvalue weighted by Gasteiger charge is -2.15. The summed E-state index contributed by atoms with van der Waals surface area (Å²) in [6.45, 7) is 6.83. The van der Waals surface area contributed by atoms with Crippen molar-refractivity contribution in [3.8, 4) is 0 Å². The van der Waals surface area contributed by atoms with Crippen LogP contribution in [-0.4, -0.2) is 12.7 Å². The van der Waals surface area contributed by atoms with Crippen molar-refractivity contribution < 1.29 is 13.9 Å². The Morgan fingerprint density at radius 3 is 2.33 bits per heavy atom. The molecule has 0 aliphatic rings. The number of carbonyl (C=O) groups is 1. The summed E-state index contributed by atoms with van der Waals surface area (Å²) in [5, 5.41) is 6.10. The Hall–Kier alpha value is -2.56. The molecule has 5 heteroatoms. The van der Waals surface area contributed by atoms with Crippen LogP contribution in [0.25, 0.3) is 0 Å². The molecule has 2 N–H and O–H groups in total. The molecule has 0 unspecified atom stereocenters. The zero-order valence-corrected chi connectivity index (χ0v) is 14.3. The maximum Gasteiger partial charge on any atom is 0.411 e. The molecule has 0 radical (unpaired) electrons. The minimum Gasteiger partial charge on any atom is -0.449 e. The third-order valence-electron chi connectivity index (χ3n) is 3.61. The van der Waals surface area contributed by atoms with Crippen molar-refractivity contribution in [1.29, 1.82) is 0 Å². The smallest absolute Gasteiger partial charge is 0.411 e. The van der Waals surface area contributed by atoms with E-state index in [0.717, 1.165) is 34.5 Å². The number of hydrogen-bond donors (Lipinski definition) is 2. The molecule has 0 saturated heterocycles. The molecular weight excluding hydrogens is 307 g/mol. The number of aryl methyl sites for hydroxylation is 2. The third-order valence-corrected chi connectivity index (χ3v) is 3.61. The fourth-order valence-corrected chi connectivity index (χ4v) is 2.40. The van der Waals surface area contributed by atoms with E-state index in [1.165, 1.54) is 12.1 Å². The molecule has 2 aromatic carbocycles. The lowest BCUT2D eigenvalue weighted by atomic mass is 10.1. The zero-order valence-electron chi connectivity index (χ0n) is 14.3. The quantitative estimate of drug-likeness (QED) is 0.782. The minimum absolute atomic E-state index is 0.240. The molecular formula is C19H23FN2O2. The summed E-state index contributed by atoms with van der Waals surface area (Å²) in [4.78, 5) is 11.7. The second-order valence-electron chi connectivity index (χ2n) is 5.73. The van der Waals surface area contributed by atoms with Gasteiger partial charge in [-0.25, -0.2) is 9.18 Å². The van der Waals surface area contributed by atoms with E-state index in [-0.39, 0.29) is 5.82 Å². The Morgan fingerprint density at radius 2 is 1.75 bits per heavy atom. The molecule has 1 amide bonds. The van der Waals surface area contributed by atoms with Gasteiger partial charge in [-0.2, -0.15) is 0 Å². The van der Waals surface area contributed by atoms with Gasteiger partial charge < -0.3 is 10.1 Å². The second-order valence-corrected chi connectivity index (χ2v) is 5.73. The number of ether oxygens (including phenoxy) is 1. The maximum absolute atomic E-state index is 12.9. The van der Waals surface area contributed by atoms with Crippen molar-refractivity contribution >= 4 is 17.5 Å². The second kappa shape index (κ2) is 8.34. The number of benzene rings is 2. The van der Waals surface area contributed by atoms with Gasteiger partial charge in [0.05, 0.1) is 6.61 Å². The number of amides is 1. The van der Waals surface area contributed by atoms with Crippen molar-refractivity contribution in [3.05, 3.63) is 58.9 Å². The number of anilines is 2. The summed E-state index contributed by atoms with van der Waals surface area (Å²) in [6, 6.07) is 10.3. The fraction of sp³-hybridized carbons (Fsp3) is 0.316. The lowest BCUT2D eigenvalue weighted by Crippen LogP contribution is -2.16. The molecule has 128 valence electrons. The molecule has 0 saturated carbocycles. The van der Waals surface area contributed by atoms with Gasteiger partial charge in [-0.1, -0.05) is 19.1 Å². The highest BCUT2D eigenvalue weighted by Gasteiger charge is 2.09. The molecule has 0 spiro atoms. The summed E-state index contributed by atoms with van der Waals surface area (Å²) < 4.78 is 18.0. The van der Waals surface area contributed by atoms with Crippen LogP contribution in [0.1, 0.15) is 30.0 Å². The first-order valence-corrected chi connectivity index (χ1v) is 8.03. The van der Waals surface area contributed by atoms with Crippen LogP contribution in [0.3, 0.4) is 0 Å². The average Bonchev–Trinajstić information content (AvgIpc) is 2.56. The van der Waals surface area contributed by atoms with E-state index in [9.17, 15) is 9.18 Å². The monoisotopic (exact) mass is 330 g/mol. The number of nitrogens with one attached hydrogen (secondary N) is 2. The van der Waals surface area contributed by atoms with Crippen LogP contribution < -0.4 is 10.6 Å². The summed E-state index contributed by atoms with van der Waals surface area (Å²) in [5.41, 5.74) is 4.61.